The summed E-state index contributed by atoms with van der Waals surface area (Å²) in [7, 11) is 0. The van der Waals surface area contributed by atoms with E-state index in [1.54, 1.807) is 18.2 Å². The van der Waals surface area contributed by atoms with Crippen molar-refractivity contribution in [2.24, 2.45) is 5.92 Å². The van der Waals surface area contributed by atoms with Crippen molar-refractivity contribution in [3.63, 3.8) is 0 Å². The van der Waals surface area contributed by atoms with Gasteiger partial charge < -0.3 is 4.52 Å². The Kier molecular flexibility index (Phi) is 4.76. The number of aldehydes is 1. The van der Waals surface area contributed by atoms with E-state index in [0.29, 0.717) is 33.8 Å². The molecule has 0 aliphatic carbocycles. The third-order valence-electron chi connectivity index (χ3n) is 3.64. The lowest BCUT2D eigenvalue weighted by Crippen LogP contribution is -1.93. The maximum Gasteiger partial charge on any atom is 0.258 e. The molecule has 0 radical (unpaired) electrons. The summed E-state index contributed by atoms with van der Waals surface area (Å²) in [6.07, 6.45) is 1.78. The molecule has 0 fully saturated rings. The highest BCUT2D eigenvalue weighted by atomic mass is 35.5. The number of rotatable bonds is 5. The second kappa shape index (κ2) is 6.97. The van der Waals surface area contributed by atoms with Gasteiger partial charge in [0.2, 0.25) is 5.82 Å². The molecule has 122 valence electrons. The lowest BCUT2D eigenvalue weighted by molar-refractivity contribution is 0.112. The summed E-state index contributed by atoms with van der Waals surface area (Å²) in [4.78, 5) is 15.2. The predicted molar refractivity (Wildman–Crippen MR) is 94.1 cm³/mol. The van der Waals surface area contributed by atoms with Crippen LogP contribution in [0.2, 0.25) is 5.02 Å². The molecule has 0 spiro atoms. The number of carbonyl (C=O) groups excluding carboxylic acids is 1. The molecule has 0 atom stereocenters. The molecule has 2 aromatic carbocycles. The fourth-order valence-corrected chi connectivity index (χ4v) is 2.76. The third kappa shape index (κ3) is 3.54. The van der Waals surface area contributed by atoms with E-state index in [-0.39, 0.29) is 0 Å². The molecule has 3 rings (SSSR count). The monoisotopic (exact) mass is 340 g/mol. The highest BCUT2D eigenvalue weighted by Crippen LogP contribution is 2.28. The van der Waals surface area contributed by atoms with Gasteiger partial charge in [0.05, 0.1) is 5.02 Å². The number of hydrogen-bond donors (Lipinski definition) is 0. The van der Waals surface area contributed by atoms with Gasteiger partial charge in [0.25, 0.3) is 5.89 Å². The average Bonchev–Trinajstić information content (AvgIpc) is 3.04. The molecule has 0 amide bonds. The van der Waals surface area contributed by atoms with E-state index >= 15 is 0 Å². The minimum absolute atomic E-state index is 0.402. The molecule has 24 heavy (non-hydrogen) atoms. The van der Waals surface area contributed by atoms with Crippen molar-refractivity contribution < 1.29 is 9.32 Å². The standard InChI is InChI=1S/C19H17ClN2O2/c1-12(2)9-13-3-6-15(7-4-13)19-21-18(22-24-19)16-8-5-14(11-23)10-17(16)20/h3-8,10-12H,9H2,1-2H3. The number of aromatic nitrogens is 2. The van der Waals surface area contributed by atoms with Crippen LogP contribution < -0.4 is 0 Å². The molecule has 0 aliphatic rings. The van der Waals surface area contributed by atoms with Crippen LogP contribution in [0.25, 0.3) is 22.8 Å². The molecule has 1 heterocycles. The first-order valence-electron chi connectivity index (χ1n) is 7.75. The summed E-state index contributed by atoms with van der Waals surface area (Å²) < 4.78 is 5.35. The Morgan fingerprint density at radius 3 is 2.54 bits per heavy atom. The first-order valence-corrected chi connectivity index (χ1v) is 8.12. The summed E-state index contributed by atoms with van der Waals surface area (Å²) in [6, 6.07) is 13.1. The molecule has 0 bridgehead atoms. The van der Waals surface area contributed by atoms with Gasteiger partial charge in [-0.1, -0.05) is 48.8 Å². The molecule has 3 aromatic rings. The van der Waals surface area contributed by atoms with Crippen molar-refractivity contribution in [3.8, 4) is 22.8 Å². The first kappa shape index (κ1) is 16.4. The topological polar surface area (TPSA) is 56.0 Å². The SMILES string of the molecule is CC(C)Cc1ccc(-c2nc(-c3ccc(C=O)cc3Cl)no2)cc1. The Hall–Kier alpha value is -2.46. The van der Waals surface area contributed by atoms with E-state index in [2.05, 4.69) is 36.1 Å². The van der Waals surface area contributed by atoms with Gasteiger partial charge in [-0.2, -0.15) is 4.98 Å². The molecule has 5 heteroatoms. The Bertz CT molecular complexity index is 854. The van der Waals surface area contributed by atoms with E-state index < -0.39 is 0 Å². The van der Waals surface area contributed by atoms with E-state index in [1.807, 2.05) is 12.1 Å². The number of nitrogens with zero attached hydrogens (tertiary/aromatic N) is 2. The van der Waals surface area contributed by atoms with Crippen molar-refractivity contribution in [1.82, 2.24) is 10.1 Å². The molecule has 0 saturated carbocycles. The van der Waals surface area contributed by atoms with E-state index in [0.717, 1.165) is 18.3 Å². The van der Waals surface area contributed by atoms with Gasteiger partial charge in [-0.25, -0.2) is 0 Å². The van der Waals surface area contributed by atoms with E-state index in [1.165, 1.54) is 5.56 Å². The van der Waals surface area contributed by atoms with Crippen molar-refractivity contribution in [2.75, 3.05) is 0 Å². The number of carbonyl (C=O) groups is 1. The van der Waals surface area contributed by atoms with Crippen LogP contribution in [-0.2, 0) is 6.42 Å². The summed E-state index contributed by atoms with van der Waals surface area (Å²) in [5.41, 5.74) is 3.28. The molecule has 0 saturated heterocycles. The van der Waals surface area contributed by atoms with Gasteiger partial charge in [-0.3, -0.25) is 4.79 Å². The highest BCUT2D eigenvalue weighted by molar-refractivity contribution is 6.33. The molecule has 4 nitrogen and oxygen atoms in total. The summed E-state index contributed by atoms with van der Waals surface area (Å²) in [5, 5.41) is 4.41. The zero-order valence-corrected chi connectivity index (χ0v) is 14.2. The van der Waals surface area contributed by atoms with Crippen molar-refractivity contribution in [2.45, 2.75) is 20.3 Å². The summed E-state index contributed by atoms with van der Waals surface area (Å²) in [5.74, 6) is 1.46. The number of benzene rings is 2. The van der Waals surface area contributed by atoms with Crippen LogP contribution in [0.3, 0.4) is 0 Å². The van der Waals surface area contributed by atoms with Crippen molar-refractivity contribution in [3.05, 3.63) is 58.6 Å². The number of halogens is 1. The van der Waals surface area contributed by atoms with E-state index in [9.17, 15) is 4.79 Å². The van der Waals surface area contributed by atoms with E-state index in [4.69, 9.17) is 16.1 Å². The average molecular weight is 341 g/mol. The van der Waals surface area contributed by atoms with Gasteiger partial charge >= 0.3 is 0 Å². The minimum Gasteiger partial charge on any atom is -0.334 e. The lowest BCUT2D eigenvalue weighted by atomic mass is 10.0. The molecule has 0 aliphatic heterocycles. The second-order valence-electron chi connectivity index (χ2n) is 6.08. The normalized spacial score (nSPS) is 11.0. The van der Waals surface area contributed by atoms with Crippen LogP contribution in [0.5, 0.6) is 0 Å². The van der Waals surface area contributed by atoms with Gasteiger partial charge in [-0.15, -0.1) is 0 Å². The molecular formula is C19H17ClN2O2. The maximum absolute atomic E-state index is 10.8. The summed E-state index contributed by atoms with van der Waals surface area (Å²) in [6.45, 7) is 4.38. The fourth-order valence-electron chi connectivity index (χ4n) is 2.49. The summed E-state index contributed by atoms with van der Waals surface area (Å²) >= 11 is 6.19. The Labute approximate surface area is 145 Å². The zero-order chi connectivity index (χ0) is 17.1. The van der Waals surface area contributed by atoms with Gasteiger partial charge in [-0.05, 0) is 42.2 Å². The molecule has 1 aromatic heterocycles. The van der Waals surface area contributed by atoms with Crippen LogP contribution in [0.15, 0.2) is 47.0 Å². The Balaban J connectivity index is 1.86. The van der Waals surface area contributed by atoms with Crippen LogP contribution in [-0.4, -0.2) is 16.4 Å². The highest BCUT2D eigenvalue weighted by Gasteiger charge is 2.13. The minimum atomic E-state index is 0.402. The third-order valence-corrected chi connectivity index (χ3v) is 3.95. The van der Waals surface area contributed by atoms with Crippen LogP contribution >= 0.6 is 11.6 Å². The Morgan fingerprint density at radius 1 is 1.17 bits per heavy atom. The molecule has 0 unspecified atom stereocenters. The molecular weight excluding hydrogens is 324 g/mol. The van der Waals surface area contributed by atoms with Gasteiger partial charge in [0.15, 0.2) is 0 Å². The smallest absolute Gasteiger partial charge is 0.258 e. The molecule has 0 N–H and O–H groups in total. The lowest BCUT2D eigenvalue weighted by Gasteiger charge is -2.04. The maximum atomic E-state index is 10.8. The largest absolute Gasteiger partial charge is 0.334 e. The number of hydrogen-bond acceptors (Lipinski definition) is 4. The fraction of sp³-hybridized carbons (Fsp3) is 0.211. The Morgan fingerprint density at radius 2 is 1.92 bits per heavy atom. The quantitative estimate of drug-likeness (QED) is 0.608. The van der Waals surface area contributed by atoms with Gasteiger partial charge in [0, 0.05) is 16.7 Å². The van der Waals surface area contributed by atoms with Crippen LogP contribution in [0.1, 0.15) is 29.8 Å². The first-order chi connectivity index (χ1) is 11.6. The van der Waals surface area contributed by atoms with Crippen LogP contribution in [0.4, 0.5) is 0 Å². The predicted octanol–water partition coefficient (Wildman–Crippen LogP) is 5.07. The van der Waals surface area contributed by atoms with Gasteiger partial charge in [0.1, 0.15) is 6.29 Å². The van der Waals surface area contributed by atoms with Crippen molar-refractivity contribution in [1.29, 1.82) is 0 Å². The second-order valence-corrected chi connectivity index (χ2v) is 6.48. The van der Waals surface area contributed by atoms with Crippen molar-refractivity contribution >= 4 is 17.9 Å². The zero-order valence-electron chi connectivity index (χ0n) is 13.5. The van der Waals surface area contributed by atoms with Crippen LogP contribution in [0, 0.1) is 5.92 Å².